The molecule has 0 aromatic heterocycles. The number of unbranched alkanes of at least 4 members (excludes halogenated alkanes) is 46. The molecule has 6 heteroatoms. The molecule has 73 heavy (non-hydrogen) atoms. The minimum Gasteiger partial charge on any atom is -0.462 e. The maximum Gasteiger partial charge on any atom is 0.306 e. The van der Waals surface area contributed by atoms with E-state index in [1.807, 2.05) is 0 Å². The van der Waals surface area contributed by atoms with Crippen molar-refractivity contribution in [2.24, 2.45) is 0 Å². The lowest BCUT2D eigenvalue weighted by atomic mass is 10.0. The molecule has 0 aliphatic rings. The van der Waals surface area contributed by atoms with Crippen LogP contribution in [0.4, 0.5) is 0 Å². The van der Waals surface area contributed by atoms with Crippen LogP contribution in [0.2, 0.25) is 0 Å². The Balaban J connectivity index is 4.07. The van der Waals surface area contributed by atoms with Gasteiger partial charge in [-0.15, -0.1) is 0 Å². The smallest absolute Gasteiger partial charge is 0.306 e. The van der Waals surface area contributed by atoms with E-state index in [0.717, 1.165) is 83.5 Å². The highest BCUT2D eigenvalue weighted by Gasteiger charge is 2.19. The van der Waals surface area contributed by atoms with Gasteiger partial charge in [0.25, 0.3) is 0 Å². The third-order valence-corrected chi connectivity index (χ3v) is 15.0. The average Bonchev–Trinajstić information content (AvgIpc) is 3.39. The van der Waals surface area contributed by atoms with Crippen molar-refractivity contribution in [1.82, 2.24) is 0 Å². The van der Waals surface area contributed by atoms with Gasteiger partial charge >= 0.3 is 17.9 Å². The molecule has 0 saturated heterocycles. The van der Waals surface area contributed by atoms with E-state index in [9.17, 15) is 14.4 Å². The molecule has 430 valence electrons. The van der Waals surface area contributed by atoms with Crippen molar-refractivity contribution in [1.29, 1.82) is 0 Å². The molecule has 0 aromatic carbocycles. The van der Waals surface area contributed by atoms with E-state index in [1.54, 1.807) is 0 Å². The summed E-state index contributed by atoms with van der Waals surface area (Å²) in [5.74, 6) is -0.863. The van der Waals surface area contributed by atoms with Crippen LogP contribution in [0.5, 0.6) is 0 Å². The third-order valence-electron chi connectivity index (χ3n) is 15.0. The van der Waals surface area contributed by atoms with Gasteiger partial charge in [0.15, 0.2) is 6.10 Å². The quantitative estimate of drug-likeness (QED) is 0.0261. The van der Waals surface area contributed by atoms with Crippen LogP contribution in [0.25, 0.3) is 0 Å². The molecule has 0 radical (unpaired) electrons. The largest absolute Gasteiger partial charge is 0.462 e. The summed E-state index contributed by atoms with van der Waals surface area (Å²) in [5, 5.41) is 0. The SMILES string of the molecule is CCCC/C=C\C/C=C\CCCCCCCC(=O)OC(COC(=O)CCCCCCCCCCCCC)COC(=O)CCCCCCCCCCCCCCCCCCCCCCCCCCCCCCCC. The van der Waals surface area contributed by atoms with Gasteiger partial charge < -0.3 is 14.2 Å². The standard InChI is InChI=1S/C67H126O6/c1-4-7-10-13-16-19-22-24-26-27-28-29-30-31-32-33-34-35-36-37-38-39-40-41-43-45-48-51-54-57-60-66(69)72-63-64(62-71-65(68)59-56-53-50-47-44-21-18-15-12-9-6-3)73-67(70)61-58-55-52-49-46-42-25-23-20-17-14-11-8-5-2/h14,17,23,25,64H,4-13,15-16,18-22,24,26-63H2,1-3H3/b17-14-,25-23-. The number of hydrogen-bond donors (Lipinski definition) is 0. The number of rotatable bonds is 61. The van der Waals surface area contributed by atoms with Gasteiger partial charge in [-0.05, 0) is 44.9 Å². The minimum absolute atomic E-state index is 0.0715. The summed E-state index contributed by atoms with van der Waals surface area (Å²) in [6.45, 7) is 6.64. The van der Waals surface area contributed by atoms with Gasteiger partial charge in [-0.1, -0.05) is 328 Å². The Morgan fingerprint density at radius 2 is 0.507 bits per heavy atom. The zero-order valence-electron chi connectivity index (χ0n) is 49.4. The van der Waals surface area contributed by atoms with E-state index in [-0.39, 0.29) is 31.1 Å². The van der Waals surface area contributed by atoms with Gasteiger partial charge in [0, 0.05) is 19.3 Å². The van der Waals surface area contributed by atoms with Crippen LogP contribution in [0.1, 0.15) is 367 Å². The zero-order chi connectivity index (χ0) is 52.9. The molecule has 0 saturated carbocycles. The zero-order valence-corrected chi connectivity index (χ0v) is 49.4. The van der Waals surface area contributed by atoms with Crippen LogP contribution in [-0.4, -0.2) is 37.2 Å². The normalized spacial score (nSPS) is 12.1. The Morgan fingerprint density at radius 3 is 0.795 bits per heavy atom. The lowest BCUT2D eigenvalue weighted by Gasteiger charge is -2.18. The average molecular weight is 1030 g/mol. The summed E-state index contributed by atoms with van der Waals surface area (Å²) >= 11 is 0. The molecule has 0 aromatic rings. The lowest BCUT2D eigenvalue weighted by molar-refractivity contribution is -0.167. The van der Waals surface area contributed by atoms with Crippen LogP contribution in [0.3, 0.4) is 0 Å². The summed E-state index contributed by atoms with van der Waals surface area (Å²) in [4.78, 5) is 38.2. The summed E-state index contributed by atoms with van der Waals surface area (Å²) in [6.07, 6.45) is 75.0. The molecule has 0 heterocycles. The fourth-order valence-corrected chi connectivity index (χ4v) is 9.99. The molecule has 0 N–H and O–H groups in total. The van der Waals surface area contributed by atoms with E-state index < -0.39 is 6.10 Å². The fraction of sp³-hybridized carbons (Fsp3) is 0.896. The summed E-state index contributed by atoms with van der Waals surface area (Å²) in [6, 6.07) is 0. The second-order valence-electron chi connectivity index (χ2n) is 22.4. The highest BCUT2D eigenvalue weighted by molar-refractivity contribution is 5.71. The van der Waals surface area contributed by atoms with Crippen LogP contribution in [0, 0.1) is 0 Å². The molecule has 0 amide bonds. The number of esters is 3. The topological polar surface area (TPSA) is 78.9 Å². The first kappa shape index (κ1) is 70.9. The van der Waals surface area contributed by atoms with E-state index in [0.29, 0.717) is 19.3 Å². The van der Waals surface area contributed by atoms with E-state index in [4.69, 9.17) is 14.2 Å². The van der Waals surface area contributed by atoms with E-state index in [1.165, 1.54) is 244 Å². The second-order valence-corrected chi connectivity index (χ2v) is 22.4. The number of carbonyl (C=O) groups excluding carboxylic acids is 3. The van der Waals surface area contributed by atoms with E-state index >= 15 is 0 Å². The number of allylic oxidation sites excluding steroid dienone is 4. The first-order valence-electron chi connectivity index (χ1n) is 32.8. The Kier molecular flexibility index (Phi) is 60.6. The highest BCUT2D eigenvalue weighted by atomic mass is 16.6. The van der Waals surface area contributed by atoms with Crippen molar-refractivity contribution in [3.8, 4) is 0 Å². The third kappa shape index (κ3) is 60.6. The van der Waals surface area contributed by atoms with E-state index in [2.05, 4.69) is 45.1 Å². The minimum atomic E-state index is -0.774. The van der Waals surface area contributed by atoms with Crippen molar-refractivity contribution in [3.05, 3.63) is 24.3 Å². The van der Waals surface area contributed by atoms with Crippen LogP contribution in [0.15, 0.2) is 24.3 Å². The van der Waals surface area contributed by atoms with Gasteiger partial charge in [-0.2, -0.15) is 0 Å². The molecule has 6 nitrogen and oxygen atoms in total. The number of ether oxygens (including phenoxy) is 3. The molecule has 0 bridgehead atoms. The van der Waals surface area contributed by atoms with Gasteiger partial charge in [0.1, 0.15) is 13.2 Å². The molecular weight excluding hydrogens is 901 g/mol. The predicted molar refractivity (Wildman–Crippen MR) is 316 cm³/mol. The Labute approximate surface area is 455 Å². The molecule has 1 unspecified atom stereocenters. The Morgan fingerprint density at radius 1 is 0.274 bits per heavy atom. The molecular formula is C67H126O6. The molecule has 0 aliphatic heterocycles. The first-order chi connectivity index (χ1) is 36.0. The molecule has 0 fully saturated rings. The Hall–Kier alpha value is -2.11. The van der Waals surface area contributed by atoms with Crippen molar-refractivity contribution in [2.75, 3.05) is 13.2 Å². The molecule has 0 aliphatic carbocycles. The van der Waals surface area contributed by atoms with Crippen molar-refractivity contribution >= 4 is 17.9 Å². The second kappa shape index (κ2) is 62.4. The Bertz CT molecular complexity index is 1180. The summed E-state index contributed by atoms with van der Waals surface area (Å²) in [7, 11) is 0. The number of hydrogen-bond acceptors (Lipinski definition) is 6. The summed E-state index contributed by atoms with van der Waals surface area (Å²) < 4.78 is 16.9. The predicted octanol–water partition coefficient (Wildman–Crippen LogP) is 22.2. The monoisotopic (exact) mass is 1030 g/mol. The molecule has 0 rings (SSSR count). The summed E-state index contributed by atoms with van der Waals surface area (Å²) in [5.41, 5.74) is 0. The van der Waals surface area contributed by atoms with Gasteiger partial charge in [-0.25, -0.2) is 0 Å². The molecule has 1 atom stereocenters. The fourth-order valence-electron chi connectivity index (χ4n) is 9.99. The van der Waals surface area contributed by atoms with Crippen LogP contribution in [-0.2, 0) is 28.6 Å². The van der Waals surface area contributed by atoms with Crippen molar-refractivity contribution < 1.29 is 28.6 Å². The van der Waals surface area contributed by atoms with Crippen molar-refractivity contribution in [2.45, 2.75) is 374 Å². The first-order valence-corrected chi connectivity index (χ1v) is 32.8. The molecule has 0 spiro atoms. The number of carbonyl (C=O) groups is 3. The lowest BCUT2D eigenvalue weighted by Crippen LogP contribution is -2.30. The van der Waals surface area contributed by atoms with Gasteiger partial charge in [0.05, 0.1) is 0 Å². The maximum absolute atomic E-state index is 12.8. The van der Waals surface area contributed by atoms with Crippen LogP contribution < -0.4 is 0 Å². The van der Waals surface area contributed by atoms with Crippen LogP contribution >= 0.6 is 0 Å². The highest BCUT2D eigenvalue weighted by Crippen LogP contribution is 2.18. The van der Waals surface area contributed by atoms with Gasteiger partial charge in [0.2, 0.25) is 0 Å². The maximum atomic E-state index is 12.8. The van der Waals surface area contributed by atoms with Crippen molar-refractivity contribution in [3.63, 3.8) is 0 Å². The van der Waals surface area contributed by atoms with Gasteiger partial charge in [-0.3, -0.25) is 14.4 Å².